The molecule has 1 aliphatic heterocycles. The lowest BCUT2D eigenvalue weighted by Gasteiger charge is -2.14. The van der Waals surface area contributed by atoms with E-state index in [1.54, 1.807) is 24.3 Å². The van der Waals surface area contributed by atoms with Gasteiger partial charge in [0.25, 0.3) is 5.91 Å². The van der Waals surface area contributed by atoms with Gasteiger partial charge >= 0.3 is 0 Å². The van der Waals surface area contributed by atoms with Crippen molar-refractivity contribution in [2.75, 3.05) is 24.7 Å². The van der Waals surface area contributed by atoms with Crippen LogP contribution in [-0.4, -0.2) is 38.6 Å². The number of sulfone groups is 1. The highest BCUT2D eigenvalue weighted by Gasteiger charge is 2.12. The highest BCUT2D eigenvalue weighted by atomic mass is 32.2. The number of nitrogens with one attached hydrogen (secondary N) is 1. The van der Waals surface area contributed by atoms with Crippen LogP contribution < -0.4 is 5.32 Å². The summed E-state index contributed by atoms with van der Waals surface area (Å²) in [6.45, 7) is 3.28. The number of nitrogens with zero attached hydrogens (tertiary/aromatic N) is 1. The lowest BCUT2D eigenvalue weighted by atomic mass is 10.1. The number of rotatable bonds is 6. The van der Waals surface area contributed by atoms with Crippen LogP contribution in [0.3, 0.4) is 0 Å². The Morgan fingerprint density at radius 1 is 0.962 bits per heavy atom. The van der Waals surface area contributed by atoms with E-state index in [0.29, 0.717) is 11.1 Å². The van der Waals surface area contributed by atoms with Crippen molar-refractivity contribution in [1.29, 1.82) is 0 Å². The molecule has 2 aromatic rings. The van der Waals surface area contributed by atoms with Gasteiger partial charge in [-0.1, -0.05) is 24.3 Å². The van der Waals surface area contributed by atoms with Gasteiger partial charge in [-0.05, 0) is 61.3 Å². The van der Waals surface area contributed by atoms with Gasteiger partial charge in [0.15, 0.2) is 9.84 Å². The molecule has 26 heavy (non-hydrogen) atoms. The maximum atomic E-state index is 12.3. The Bertz CT molecular complexity index is 853. The molecule has 5 nitrogen and oxygen atoms in total. The first-order valence-electron chi connectivity index (χ1n) is 8.78. The van der Waals surface area contributed by atoms with Gasteiger partial charge in [-0.15, -0.1) is 0 Å². The third-order valence-electron chi connectivity index (χ3n) is 4.46. The van der Waals surface area contributed by atoms with Crippen molar-refractivity contribution in [1.82, 2.24) is 4.90 Å². The number of hydrogen-bond acceptors (Lipinski definition) is 4. The number of amides is 1. The minimum atomic E-state index is -3.08. The summed E-state index contributed by atoms with van der Waals surface area (Å²) >= 11 is 0. The van der Waals surface area contributed by atoms with E-state index in [4.69, 9.17) is 0 Å². The van der Waals surface area contributed by atoms with Crippen molar-refractivity contribution >= 4 is 21.4 Å². The van der Waals surface area contributed by atoms with Crippen molar-refractivity contribution in [3.05, 3.63) is 65.2 Å². The summed E-state index contributed by atoms with van der Waals surface area (Å²) in [7, 11) is -3.08. The number of anilines is 1. The third kappa shape index (κ3) is 5.41. The molecule has 0 radical (unpaired) electrons. The second-order valence-corrected chi connectivity index (χ2v) is 9.04. The second-order valence-electron chi connectivity index (χ2n) is 6.90. The molecule has 1 fully saturated rings. The van der Waals surface area contributed by atoms with Crippen LogP contribution in [0.25, 0.3) is 0 Å². The van der Waals surface area contributed by atoms with Crippen LogP contribution in [0.1, 0.15) is 34.3 Å². The quantitative estimate of drug-likeness (QED) is 0.846. The van der Waals surface area contributed by atoms with Crippen LogP contribution in [0.4, 0.5) is 5.69 Å². The fourth-order valence-electron chi connectivity index (χ4n) is 3.15. The predicted molar refractivity (Wildman–Crippen MR) is 104 cm³/mol. The Kier molecular flexibility index (Phi) is 5.74. The predicted octanol–water partition coefficient (Wildman–Crippen LogP) is 3.08. The molecule has 0 spiro atoms. The van der Waals surface area contributed by atoms with E-state index in [-0.39, 0.29) is 11.7 Å². The van der Waals surface area contributed by atoms with Crippen LogP contribution in [-0.2, 0) is 22.1 Å². The Morgan fingerprint density at radius 3 is 2.12 bits per heavy atom. The molecule has 1 N–H and O–H groups in total. The molecule has 138 valence electrons. The first-order chi connectivity index (χ1) is 12.4. The highest BCUT2D eigenvalue weighted by molar-refractivity contribution is 7.89. The number of carbonyl (C=O) groups is 1. The van der Waals surface area contributed by atoms with Crippen molar-refractivity contribution < 1.29 is 13.2 Å². The minimum absolute atomic E-state index is 0.0205. The largest absolute Gasteiger partial charge is 0.322 e. The smallest absolute Gasteiger partial charge is 0.255 e. The zero-order chi connectivity index (χ0) is 18.6. The van der Waals surface area contributed by atoms with E-state index in [0.717, 1.165) is 25.3 Å². The summed E-state index contributed by atoms with van der Waals surface area (Å²) < 4.78 is 22.6. The lowest BCUT2D eigenvalue weighted by Crippen LogP contribution is -2.18. The monoisotopic (exact) mass is 372 g/mol. The molecule has 0 atom stereocenters. The molecule has 0 saturated carbocycles. The molecule has 1 amide bonds. The van der Waals surface area contributed by atoms with Gasteiger partial charge < -0.3 is 5.32 Å². The molecule has 0 aromatic heterocycles. The normalized spacial score (nSPS) is 15.1. The number of benzene rings is 2. The first-order valence-corrected chi connectivity index (χ1v) is 10.8. The van der Waals surface area contributed by atoms with Gasteiger partial charge in [0.2, 0.25) is 0 Å². The van der Waals surface area contributed by atoms with Crippen LogP contribution >= 0.6 is 0 Å². The van der Waals surface area contributed by atoms with Gasteiger partial charge in [0, 0.05) is 24.1 Å². The Balaban J connectivity index is 1.58. The van der Waals surface area contributed by atoms with Gasteiger partial charge in [-0.25, -0.2) is 8.42 Å². The van der Waals surface area contributed by atoms with Crippen molar-refractivity contribution in [3.63, 3.8) is 0 Å². The van der Waals surface area contributed by atoms with Crippen LogP contribution in [0.5, 0.6) is 0 Å². The zero-order valence-corrected chi connectivity index (χ0v) is 15.8. The van der Waals surface area contributed by atoms with E-state index in [9.17, 15) is 13.2 Å². The van der Waals surface area contributed by atoms with E-state index in [1.807, 2.05) is 24.3 Å². The fourth-order valence-corrected chi connectivity index (χ4v) is 3.95. The van der Waals surface area contributed by atoms with Crippen molar-refractivity contribution in [2.45, 2.75) is 25.1 Å². The van der Waals surface area contributed by atoms with Crippen LogP contribution in [0.15, 0.2) is 48.5 Å². The summed E-state index contributed by atoms with van der Waals surface area (Å²) in [5.74, 6) is -0.226. The molecule has 0 bridgehead atoms. The molecule has 6 heteroatoms. The molecule has 0 aliphatic carbocycles. The minimum Gasteiger partial charge on any atom is -0.322 e. The number of carbonyl (C=O) groups excluding carboxylic acids is 1. The Morgan fingerprint density at radius 2 is 1.54 bits per heavy atom. The molecule has 2 aromatic carbocycles. The fraction of sp³-hybridized carbons (Fsp3) is 0.350. The van der Waals surface area contributed by atoms with Gasteiger partial charge in [0.1, 0.15) is 0 Å². The molecular weight excluding hydrogens is 348 g/mol. The van der Waals surface area contributed by atoms with Crippen molar-refractivity contribution in [2.24, 2.45) is 0 Å². The molecule has 1 aliphatic rings. The van der Waals surface area contributed by atoms with Crippen LogP contribution in [0, 0.1) is 0 Å². The molecule has 1 saturated heterocycles. The van der Waals surface area contributed by atoms with Crippen LogP contribution in [0.2, 0.25) is 0 Å². The Hall–Kier alpha value is -2.18. The number of likely N-dealkylation sites (tertiary alicyclic amines) is 1. The second kappa shape index (κ2) is 8.01. The topological polar surface area (TPSA) is 66.5 Å². The lowest BCUT2D eigenvalue weighted by molar-refractivity contribution is 0.102. The van der Waals surface area contributed by atoms with E-state index in [1.165, 1.54) is 24.7 Å². The summed E-state index contributed by atoms with van der Waals surface area (Å²) in [4.78, 5) is 14.8. The summed E-state index contributed by atoms with van der Waals surface area (Å²) in [6, 6.07) is 14.6. The van der Waals surface area contributed by atoms with E-state index >= 15 is 0 Å². The standard InChI is InChI=1S/C20H24N2O3S/c1-26(24,25)15-17-4-8-18(9-5-17)20(23)21-19-10-6-16(7-11-19)14-22-12-2-3-13-22/h4-11H,2-3,12-15H2,1H3,(H,21,23). The average molecular weight is 372 g/mol. The van der Waals surface area contributed by atoms with E-state index < -0.39 is 9.84 Å². The summed E-state index contributed by atoms with van der Waals surface area (Å²) in [5.41, 5.74) is 3.18. The average Bonchev–Trinajstić information content (AvgIpc) is 3.09. The maximum absolute atomic E-state index is 12.3. The highest BCUT2D eigenvalue weighted by Crippen LogP contribution is 2.16. The van der Waals surface area contributed by atoms with Gasteiger partial charge in [-0.2, -0.15) is 0 Å². The molecule has 3 rings (SSSR count). The van der Waals surface area contributed by atoms with Gasteiger partial charge in [-0.3, -0.25) is 9.69 Å². The Labute approximate surface area is 154 Å². The van der Waals surface area contributed by atoms with E-state index in [2.05, 4.69) is 10.2 Å². The molecule has 0 unspecified atom stereocenters. The first kappa shape index (κ1) is 18.6. The zero-order valence-electron chi connectivity index (χ0n) is 14.9. The summed E-state index contributed by atoms with van der Waals surface area (Å²) in [5, 5.41) is 2.88. The summed E-state index contributed by atoms with van der Waals surface area (Å²) in [6.07, 6.45) is 3.75. The molecule has 1 heterocycles. The SMILES string of the molecule is CS(=O)(=O)Cc1ccc(C(=O)Nc2ccc(CN3CCCC3)cc2)cc1. The number of hydrogen-bond donors (Lipinski definition) is 1. The molecular formula is C20H24N2O3S. The van der Waals surface area contributed by atoms with Gasteiger partial charge in [0.05, 0.1) is 5.75 Å². The third-order valence-corrected chi connectivity index (χ3v) is 5.32. The maximum Gasteiger partial charge on any atom is 0.255 e. The van der Waals surface area contributed by atoms with Crippen molar-refractivity contribution in [3.8, 4) is 0 Å².